The Morgan fingerprint density at radius 1 is 1.24 bits per heavy atom. The molecule has 0 radical (unpaired) electrons. The Hall–Kier alpha value is -0.780. The van der Waals surface area contributed by atoms with Crippen molar-refractivity contribution in [1.82, 2.24) is 0 Å². The van der Waals surface area contributed by atoms with E-state index in [4.69, 9.17) is 16.0 Å². The number of hydrogen-bond acceptors (Lipinski definition) is 2. The van der Waals surface area contributed by atoms with E-state index in [1.54, 1.807) is 6.07 Å². The molecule has 17 heavy (non-hydrogen) atoms. The molecule has 0 aliphatic heterocycles. The molecule has 0 aliphatic rings. The van der Waals surface area contributed by atoms with Crippen molar-refractivity contribution in [3.8, 4) is 0 Å². The van der Waals surface area contributed by atoms with Crippen molar-refractivity contribution in [1.29, 1.82) is 0 Å². The molecule has 3 nitrogen and oxygen atoms in total. The molecule has 0 saturated heterocycles. The number of benzene rings is 1. The van der Waals surface area contributed by atoms with Gasteiger partial charge in [-0.25, -0.2) is 0 Å². The van der Waals surface area contributed by atoms with Gasteiger partial charge in [0.05, 0.1) is 5.69 Å². The van der Waals surface area contributed by atoms with Crippen LogP contribution >= 0.6 is 43.5 Å². The molecule has 0 aliphatic carbocycles. The highest BCUT2D eigenvalue weighted by Crippen LogP contribution is 2.27. The summed E-state index contributed by atoms with van der Waals surface area (Å²) in [6.45, 7) is 0. The van der Waals surface area contributed by atoms with Crippen molar-refractivity contribution in [2.45, 2.75) is 0 Å². The molecule has 0 fully saturated rings. The topological polar surface area (TPSA) is 42.2 Å². The van der Waals surface area contributed by atoms with Crippen LogP contribution in [0.3, 0.4) is 0 Å². The van der Waals surface area contributed by atoms with E-state index < -0.39 is 0 Å². The number of anilines is 1. The Morgan fingerprint density at radius 3 is 2.65 bits per heavy atom. The van der Waals surface area contributed by atoms with Gasteiger partial charge < -0.3 is 9.73 Å². The first-order valence-electron chi connectivity index (χ1n) is 4.58. The van der Waals surface area contributed by atoms with E-state index in [1.807, 2.05) is 12.1 Å². The highest BCUT2D eigenvalue weighted by atomic mass is 79.9. The summed E-state index contributed by atoms with van der Waals surface area (Å²) in [6, 6.07) is 8.51. The second kappa shape index (κ2) is 5.25. The minimum absolute atomic E-state index is 0.168. The standard InChI is InChI=1S/C11H6Br2ClNO2/c12-6-1-2-7(13)8(5-6)15-11(16)9-3-4-10(14)17-9/h1-5H,(H,15,16). The van der Waals surface area contributed by atoms with Crippen LogP contribution in [0.4, 0.5) is 5.69 Å². The maximum Gasteiger partial charge on any atom is 0.291 e. The molecule has 0 bridgehead atoms. The van der Waals surface area contributed by atoms with Gasteiger partial charge in [0.1, 0.15) is 0 Å². The number of halogens is 3. The molecule has 2 aromatic rings. The molecule has 1 aromatic carbocycles. The Balaban J connectivity index is 2.21. The molecular formula is C11H6Br2ClNO2. The zero-order valence-corrected chi connectivity index (χ0v) is 12.3. The number of amides is 1. The second-order valence-corrected chi connectivity index (χ2v) is 5.32. The summed E-state index contributed by atoms with van der Waals surface area (Å²) in [6.07, 6.45) is 0. The van der Waals surface area contributed by atoms with E-state index in [0.29, 0.717) is 5.69 Å². The van der Waals surface area contributed by atoms with Crippen LogP contribution in [0.25, 0.3) is 0 Å². The molecule has 0 saturated carbocycles. The van der Waals surface area contributed by atoms with Crippen LogP contribution in [0, 0.1) is 0 Å². The van der Waals surface area contributed by atoms with Crippen molar-refractivity contribution in [2.24, 2.45) is 0 Å². The van der Waals surface area contributed by atoms with E-state index >= 15 is 0 Å². The fourth-order valence-corrected chi connectivity index (χ4v) is 2.07. The van der Waals surface area contributed by atoms with Gasteiger partial charge in [0.25, 0.3) is 5.91 Å². The van der Waals surface area contributed by atoms with E-state index in [9.17, 15) is 4.79 Å². The van der Waals surface area contributed by atoms with Gasteiger partial charge in [0.15, 0.2) is 11.0 Å². The van der Waals surface area contributed by atoms with Gasteiger partial charge in [-0.15, -0.1) is 0 Å². The van der Waals surface area contributed by atoms with Crippen LogP contribution in [0.5, 0.6) is 0 Å². The van der Waals surface area contributed by atoms with Gasteiger partial charge >= 0.3 is 0 Å². The number of rotatable bonds is 2. The molecule has 1 amide bonds. The first-order chi connectivity index (χ1) is 8.06. The van der Waals surface area contributed by atoms with Crippen molar-refractivity contribution in [2.75, 3.05) is 5.32 Å². The minimum Gasteiger partial charge on any atom is -0.440 e. The van der Waals surface area contributed by atoms with Crippen LogP contribution in [0.2, 0.25) is 5.22 Å². The molecule has 0 atom stereocenters. The average molecular weight is 379 g/mol. The van der Waals surface area contributed by atoms with Crippen molar-refractivity contribution in [3.63, 3.8) is 0 Å². The maximum absolute atomic E-state index is 11.8. The Bertz CT molecular complexity index is 568. The van der Waals surface area contributed by atoms with Crippen molar-refractivity contribution < 1.29 is 9.21 Å². The maximum atomic E-state index is 11.8. The zero-order valence-electron chi connectivity index (χ0n) is 8.34. The number of carbonyl (C=O) groups excluding carboxylic acids is 1. The fourth-order valence-electron chi connectivity index (χ4n) is 1.21. The monoisotopic (exact) mass is 377 g/mol. The summed E-state index contributed by atoms with van der Waals surface area (Å²) in [5, 5.41) is 2.90. The van der Waals surface area contributed by atoms with Crippen LogP contribution in [0.1, 0.15) is 10.6 Å². The third-order valence-electron chi connectivity index (χ3n) is 1.97. The number of furan rings is 1. The third-order valence-corrected chi connectivity index (χ3v) is 3.36. The normalized spacial score (nSPS) is 10.3. The van der Waals surface area contributed by atoms with Crippen molar-refractivity contribution >= 4 is 55.1 Å². The molecule has 0 unspecified atom stereocenters. The highest BCUT2D eigenvalue weighted by Gasteiger charge is 2.12. The number of carbonyl (C=O) groups is 1. The van der Waals surface area contributed by atoms with Crippen LogP contribution in [-0.4, -0.2) is 5.91 Å². The van der Waals surface area contributed by atoms with Crippen LogP contribution in [0.15, 0.2) is 43.7 Å². The molecule has 0 spiro atoms. The molecule has 88 valence electrons. The SMILES string of the molecule is O=C(Nc1cc(Br)ccc1Br)c1ccc(Cl)o1. The fraction of sp³-hybridized carbons (Fsp3) is 0. The van der Waals surface area contributed by atoms with Gasteiger partial charge in [-0.1, -0.05) is 15.9 Å². The average Bonchev–Trinajstić information content (AvgIpc) is 2.70. The summed E-state index contributed by atoms with van der Waals surface area (Å²) in [5.41, 5.74) is 0.650. The molecule has 6 heteroatoms. The molecule has 1 N–H and O–H groups in total. The lowest BCUT2D eigenvalue weighted by Crippen LogP contribution is -2.11. The van der Waals surface area contributed by atoms with Crippen LogP contribution in [-0.2, 0) is 0 Å². The number of nitrogens with one attached hydrogen (secondary N) is 1. The Labute approximate surface area is 119 Å². The van der Waals surface area contributed by atoms with Gasteiger partial charge in [0.2, 0.25) is 0 Å². The zero-order chi connectivity index (χ0) is 12.4. The summed E-state index contributed by atoms with van der Waals surface area (Å²) in [5.74, 6) is -0.183. The van der Waals surface area contributed by atoms with Gasteiger partial charge in [-0.3, -0.25) is 4.79 Å². The molecule has 1 aromatic heterocycles. The summed E-state index contributed by atoms with van der Waals surface area (Å²) >= 11 is 12.3. The van der Waals surface area contributed by atoms with Crippen LogP contribution < -0.4 is 5.32 Å². The molecule has 1 heterocycles. The quantitative estimate of drug-likeness (QED) is 0.821. The van der Waals surface area contributed by atoms with Crippen molar-refractivity contribution in [3.05, 3.63) is 50.3 Å². The smallest absolute Gasteiger partial charge is 0.291 e. The summed E-state index contributed by atoms with van der Waals surface area (Å²) < 4.78 is 6.67. The lowest BCUT2D eigenvalue weighted by atomic mass is 10.3. The lowest BCUT2D eigenvalue weighted by Gasteiger charge is -2.06. The van der Waals surface area contributed by atoms with E-state index in [0.717, 1.165) is 8.95 Å². The molecule has 2 rings (SSSR count). The predicted molar refractivity (Wildman–Crippen MR) is 73.5 cm³/mol. The van der Waals surface area contributed by atoms with Gasteiger partial charge in [-0.2, -0.15) is 0 Å². The largest absolute Gasteiger partial charge is 0.440 e. The number of hydrogen-bond donors (Lipinski definition) is 1. The first kappa shape index (κ1) is 12.7. The second-order valence-electron chi connectivity index (χ2n) is 3.18. The minimum atomic E-state index is -0.351. The summed E-state index contributed by atoms with van der Waals surface area (Å²) in [4.78, 5) is 11.8. The lowest BCUT2D eigenvalue weighted by molar-refractivity contribution is 0.0996. The van der Waals surface area contributed by atoms with Gasteiger partial charge in [0, 0.05) is 8.95 Å². The third kappa shape index (κ3) is 3.12. The Morgan fingerprint density at radius 2 is 2.00 bits per heavy atom. The molecular weight excluding hydrogens is 373 g/mol. The van der Waals surface area contributed by atoms with E-state index in [-0.39, 0.29) is 16.9 Å². The van der Waals surface area contributed by atoms with Gasteiger partial charge in [-0.05, 0) is 57.9 Å². The highest BCUT2D eigenvalue weighted by molar-refractivity contribution is 9.11. The first-order valence-corrected chi connectivity index (χ1v) is 6.54. The summed E-state index contributed by atoms with van der Waals surface area (Å²) in [7, 11) is 0. The predicted octanol–water partition coefficient (Wildman–Crippen LogP) is 4.71. The van der Waals surface area contributed by atoms with E-state index in [2.05, 4.69) is 37.2 Å². The van der Waals surface area contributed by atoms with E-state index in [1.165, 1.54) is 12.1 Å². The Kier molecular flexibility index (Phi) is 3.91.